The Morgan fingerprint density at radius 2 is 2.24 bits per heavy atom. The van der Waals surface area contributed by atoms with E-state index in [1.165, 1.54) is 24.4 Å². The van der Waals surface area contributed by atoms with Crippen LogP contribution in [0.15, 0.2) is 30.5 Å². The van der Waals surface area contributed by atoms with E-state index in [2.05, 4.69) is 5.10 Å². The fourth-order valence-electron chi connectivity index (χ4n) is 1.94. The van der Waals surface area contributed by atoms with Crippen molar-refractivity contribution in [3.63, 3.8) is 0 Å². The van der Waals surface area contributed by atoms with E-state index in [1.807, 2.05) is 13.8 Å². The first-order valence-corrected chi connectivity index (χ1v) is 6.51. The Labute approximate surface area is 121 Å². The zero-order chi connectivity index (χ0) is 15.6. The molecular formula is C14H15N3O4. The van der Waals surface area contributed by atoms with Gasteiger partial charge in [0.1, 0.15) is 11.3 Å². The molecule has 21 heavy (non-hydrogen) atoms. The number of aromatic carboxylic acids is 1. The fourth-order valence-corrected chi connectivity index (χ4v) is 1.94. The number of rotatable bonds is 5. The third-order valence-electron chi connectivity index (χ3n) is 3.34. The van der Waals surface area contributed by atoms with Gasteiger partial charge in [0.05, 0.1) is 4.92 Å². The molecule has 1 heterocycles. The molecule has 7 nitrogen and oxygen atoms in total. The average Bonchev–Trinajstić information content (AvgIpc) is 2.92. The monoisotopic (exact) mass is 289 g/mol. The first-order chi connectivity index (χ1) is 9.93. The van der Waals surface area contributed by atoms with Crippen molar-refractivity contribution in [1.29, 1.82) is 0 Å². The zero-order valence-electron chi connectivity index (χ0n) is 11.7. The Kier molecular flexibility index (Phi) is 4.02. The lowest BCUT2D eigenvalue weighted by Crippen LogP contribution is -2.04. The first-order valence-electron chi connectivity index (χ1n) is 6.51. The van der Waals surface area contributed by atoms with Gasteiger partial charge in [-0.05, 0) is 13.3 Å². The van der Waals surface area contributed by atoms with Crippen molar-refractivity contribution in [2.24, 2.45) is 0 Å². The Morgan fingerprint density at radius 3 is 2.81 bits per heavy atom. The minimum Gasteiger partial charge on any atom is -0.478 e. The molecule has 1 aromatic heterocycles. The third kappa shape index (κ3) is 2.91. The van der Waals surface area contributed by atoms with Gasteiger partial charge in [-0.15, -0.1) is 0 Å². The standard InChI is InChI=1S/C14H15N3O4/c1-3-9(2)16-8-12(14(18)19)13(15-16)10-5-4-6-11(7-10)17(20)21/h4-9H,3H2,1-2H3,(H,18,19). The maximum Gasteiger partial charge on any atom is 0.339 e. The van der Waals surface area contributed by atoms with E-state index in [4.69, 9.17) is 0 Å². The number of nitro benzene ring substituents is 1. The molecule has 0 saturated heterocycles. The second kappa shape index (κ2) is 5.74. The number of aromatic nitrogens is 2. The minimum atomic E-state index is -1.11. The molecule has 7 heteroatoms. The molecule has 1 unspecified atom stereocenters. The molecule has 0 amide bonds. The lowest BCUT2D eigenvalue weighted by Gasteiger charge is -2.07. The van der Waals surface area contributed by atoms with Crippen LogP contribution in [0.25, 0.3) is 11.3 Å². The fraction of sp³-hybridized carbons (Fsp3) is 0.286. The van der Waals surface area contributed by atoms with Crippen LogP contribution in [-0.4, -0.2) is 25.8 Å². The van der Waals surface area contributed by atoms with Crippen molar-refractivity contribution in [1.82, 2.24) is 9.78 Å². The normalized spacial score (nSPS) is 12.1. The highest BCUT2D eigenvalue weighted by Gasteiger charge is 2.20. The van der Waals surface area contributed by atoms with E-state index in [0.717, 1.165) is 6.42 Å². The van der Waals surface area contributed by atoms with Crippen molar-refractivity contribution in [2.75, 3.05) is 0 Å². The van der Waals surface area contributed by atoms with Gasteiger partial charge in [-0.25, -0.2) is 4.79 Å². The number of carboxylic acid groups (broad SMARTS) is 1. The number of nitro groups is 1. The van der Waals surface area contributed by atoms with Crippen molar-refractivity contribution >= 4 is 11.7 Å². The molecule has 0 fully saturated rings. The molecule has 2 aromatic rings. The topological polar surface area (TPSA) is 98.3 Å². The minimum absolute atomic E-state index is 0.0378. The summed E-state index contributed by atoms with van der Waals surface area (Å²) in [4.78, 5) is 21.7. The Hall–Kier alpha value is -2.70. The van der Waals surface area contributed by atoms with Crippen LogP contribution in [0.4, 0.5) is 5.69 Å². The van der Waals surface area contributed by atoms with Crippen molar-refractivity contribution in [3.8, 4) is 11.3 Å². The van der Waals surface area contributed by atoms with Gasteiger partial charge in [0, 0.05) is 29.9 Å². The molecule has 110 valence electrons. The highest BCUT2D eigenvalue weighted by Crippen LogP contribution is 2.27. The Balaban J connectivity index is 2.56. The summed E-state index contributed by atoms with van der Waals surface area (Å²) in [6.45, 7) is 3.90. The van der Waals surface area contributed by atoms with Gasteiger partial charge in [0.2, 0.25) is 0 Å². The second-order valence-corrected chi connectivity index (χ2v) is 4.74. The summed E-state index contributed by atoms with van der Waals surface area (Å²) in [6.07, 6.45) is 2.26. The lowest BCUT2D eigenvalue weighted by atomic mass is 10.1. The van der Waals surface area contributed by atoms with Crippen LogP contribution >= 0.6 is 0 Å². The summed E-state index contributed by atoms with van der Waals surface area (Å²) in [5.41, 5.74) is 0.605. The first kappa shape index (κ1) is 14.7. The van der Waals surface area contributed by atoms with Crippen LogP contribution in [-0.2, 0) is 0 Å². The molecule has 0 aliphatic carbocycles. The summed E-state index contributed by atoms with van der Waals surface area (Å²) >= 11 is 0. The van der Waals surface area contributed by atoms with Crippen LogP contribution in [0.3, 0.4) is 0 Å². The zero-order valence-corrected chi connectivity index (χ0v) is 11.7. The van der Waals surface area contributed by atoms with E-state index in [-0.39, 0.29) is 23.0 Å². The van der Waals surface area contributed by atoms with Gasteiger partial charge in [0.15, 0.2) is 0 Å². The maximum absolute atomic E-state index is 11.4. The summed E-state index contributed by atoms with van der Waals surface area (Å²) in [6, 6.07) is 5.87. The molecule has 0 saturated carbocycles. The summed E-state index contributed by atoms with van der Waals surface area (Å²) < 4.78 is 1.58. The van der Waals surface area contributed by atoms with Gasteiger partial charge in [-0.2, -0.15) is 5.10 Å². The number of carboxylic acids is 1. The molecular weight excluding hydrogens is 274 g/mol. The second-order valence-electron chi connectivity index (χ2n) is 4.74. The molecule has 1 atom stereocenters. The molecule has 0 aliphatic rings. The van der Waals surface area contributed by atoms with Crippen molar-refractivity contribution in [2.45, 2.75) is 26.3 Å². The molecule has 0 radical (unpaired) electrons. The van der Waals surface area contributed by atoms with Crippen LogP contribution < -0.4 is 0 Å². The number of hydrogen-bond acceptors (Lipinski definition) is 4. The Morgan fingerprint density at radius 1 is 1.52 bits per heavy atom. The predicted octanol–water partition coefficient (Wildman–Crippen LogP) is 3.13. The highest BCUT2D eigenvalue weighted by molar-refractivity contribution is 5.94. The summed E-state index contributed by atoms with van der Waals surface area (Å²) in [7, 11) is 0. The van der Waals surface area contributed by atoms with E-state index in [1.54, 1.807) is 10.7 Å². The molecule has 1 N–H and O–H groups in total. The van der Waals surface area contributed by atoms with E-state index in [0.29, 0.717) is 5.56 Å². The predicted molar refractivity (Wildman–Crippen MR) is 76.3 cm³/mol. The number of benzene rings is 1. The van der Waals surface area contributed by atoms with Gasteiger partial charge < -0.3 is 5.11 Å². The SMILES string of the molecule is CCC(C)n1cc(C(=O)O)c(-c2cccc([N+](=O)[O-])c2)n1. The lowest BCUT2D eigenvalue weighted by molar-refractivity contribution is -0.384. The van der Waals surface area contributed by atoms with Crippen LogP contribution in [0.2, 0.25) is 0 Å². The summed E-state index contributed by atoms with van der Waals surface area (Å²) in [5.74, 6) is -1.11. The highest BCUT2D eigenvalue weighted by atomic mass is 16.6. The van der Waals surface area contributed by atoms with Gasteiger partial charge in [0.25, 0.3) is 5.69 Å². The number of carbonyl (C=O) groups is 1. The smallest absolute Gasteiger partial charge is 0.339 e. The van der Waals surface area contributed by atoms with Crippen LogP contribution in [0.5, 0.6) is 0 Å². The van der Waals surface area contributed by atoms with Crippen molar-refractivity contribution < 1.29 is 14.8 Å². The van der Waals surface area contributed by atoms with Crippen LogP contribution in [0.1, 0.15) is 36.7 Å². The van der Waals surface area contributed by atoms with Gasteiger partial charge >= 0.3 is 5.97 Å². The molecule has 0 aliphatic heterocycles. The molecule has 0 spiro atoms. The molecule has 2 rings (SSSR count). The van der Waals surface area contributed by atoms with Gasteiger partial charge in [-0.3, -0.25) is 14.8 Å². The quantitative estimate of drug-likeness (QED) is 0.673. The average molecular weight is 289 g/mol. The number of hydrogen-bond donors (Lipinski definition) is 1. The molecule has 0 bridgehead atoms. The van der Waals surface area contributed by atoms with E-state index < -0.39 is 10.9 Å². The Bertz CT molecular complexity index is 693. The third-order valence-corrected chi connectivity index (χ3v) is 3.34. The van der Waals surface area contributed by atoms with Gasteiger partial charge in [-0.1, -0.05) is 19.1 Å². The maximum atomic E-state index is 11.4. The summed E-state index contributed by atoms with van der Waals surface area (Å²) in [5, 5.41) is 24.4. The van der Waals surface area contributed by atoms with Crippen molar-refractivity contribution in [3.05, 3.63) is 46.1 Å². The van der Waals surface area contributed by atoms with E-state index >= 15 is 0 Å². The van der Waals surface area contributed by atoms with Crippen LogP contribution in [0, 0.1) is 10.1 Å². The number of nitrogens with zero attached hydrogens (tertiary/aromatic N) is 3. The molecule has 1 aromatic carbocycles. The largest absolute Gasteiger partial charge is 0.478 e. The van der Waals surface area contributed by atoms with E-state index in [9.17, 15) is 20.0 Å². The number of non-ortho nitro benzene ring substituents is 1.